The fourth-order valence-electron chi connectivity index (χ4n) is 3.81. The number of rotatable bonds is 19. The Balaban J connectivity index is 2.56. The molecule has 0 aromatic heterocycles. The number of piperazine rings is 1. The van der Waals surface area contributed by atoms with Crippen molar-refractivity contribution in [3.8, 4) is 0 Å². The second kappa shape index (κ2) is 17.7. The van der Waals surface area contributed by atoms with Gasteiger partial charge in [0, 0.05) is 26.6 Å². The van der Waals surface area contributed by atoms with Crippen LogP contribution in [0, 0.1) is 0 Å². The van der Waals surface area contributed by atoms with E-state index in [1.807, 2.05) is 0 Å². The Labute approximate surface area is 229 Å². The molecular formula is C22H37N7O11. The summed E-state index contributed by atoms with van der Waals surface area (Å²) in [5.41, 5.74) is 0. The Morgan fingerprint density at radius 2 is 1.35 bits per heavy atom. The lowest BCUT2D eigenvalue weighted by atomic mass is 10.0. The number of carbonyl (C=O) groups excluding carboxylic acids is 7. The zero-order chi connectivity index (χ0) is 30.2. The van der Waals surface area contributed by atoms with Crippen LogP contribution in [0.4, 0.5) is 0 Å². The minimum atomic E-state index is -1.56. The third-order valence-electron chi connectivity index (χ3n) is 5.88. The minimum Gasteiger partial charge on any atom is -0.394 e. The van der Waals surface area contributed by atoms with Gasteiger partial charge in [0.25, 0.3) is 5.91 Å². The van der Waals surface area contributed by atoms with E-state index in [1.165, 1.54) is 0 Å². The van der Waals surface area contributed by atoms with Crippen molar-refractivity contribution in [2.75, 3.05) is 26.2 Å². The van der Waals surface area contributed by atoms with E-state index >= 15 is 0 Å². The highest BCUT2D eigenvalue weighted by molar-refractivity contribution is 5.97. The molecular weight excluding hydrogens is 538 g/mol. The highest BCUT2D eigenvalue weighted by Crippen LogP contribution is 2.09. The average molecular weight is 576 g/mol. The van der Waals surface area contributed by atoms with E-state index in [1.54, 1.807) is 0 Å². The van der Waals surface area contributed by atoms with E-state index in [-0.39, 0.29) is 76.0 Å². The molecule has 1 aliphatic heterocycles. The molecule has 7 amide bonds. The van der Waals surface area contributed by atoms with Gasteiger partial charge >= 0.3 is 0 Å². The Morgan fingerprint density at radius 1 is 0.850 bits per heavy atom. The molecule has 40 heavy (non-hydrogen) atoms. The topological polar surface area (TPSA) is 258 Å². The Bertz CT molecular complexity index is 906. The van der Waals surface area contributed by atoms with Crippen molar-refractivity contribution in [2.24, 2.45) is 0 Å². The maximum atomic E-state index is 12.6. The van der Waals surface area contributed by atoms with Crippen LogP contribution in [-0.4, -0.2) is 129 Å². The fraction of sp³-hybridized carbons (Fsp3) is 0.682. The van der Waals surface area contributed by atoms with Gasteiger partial charge in [-0.25, -0.2) is 15.2 Å². The Morgan fingerprint density at radius 3 is 1.82 bits per heavy atom. The number of hydrogen-bond donors (Lipinski definition) is 8. The standard InChI is InChI=1S/C22H37N7O11/c1-14(33)23-15(5-2-8-27(38)12-31)19(34)26-18(11-30)22(37)29(40)10-4-7-17-21(36)24-16(20(35)25-17)6-3-9-28(39)13-32/h12-13,15-18,30,38-40H,2-11H2,1H3,(H,23,33)(H,24,36)(H,25,35)(H,26,34)/t15-,16+,17+,18-/m0/s1. The van der Waals surface area contributed by atoms with Crippen molar-refractivity contribution >= 4 is 42.4 Å². The van der Waals surface area contributed by atoms with Crippen LogP contribution in [0.15, 0.2) is 0 Å². The van der Waals surface area contributed by atoms with Crippen LogP contribution in [0.3, 0.4) is 0 Å². The van der Waals surface area contributed by atoms with Crippen molar-refractivity contribution in [3.05, 3.63) is 0 Å². The van der Waals surface area contributed by atoms with Gasteiger partial charge in [0.05, 0.1) is 6.61 Å². The van der Waals surface area contributed by atoms with Gasteiger partial charge in [0.1, 0.15) is 24.2 Å². The zero-order valence-corrected chi connectivity index (χ0v) is 22.0. The lowest BCUT2D eigenvalue weighted by Crippen LogP contribution is -2.61. The summed E-state index contributed by atoms with van der Waals surface area (Å²) in [4.78, 5) is 82.0. The van der Waals surface area contributed by atoms with Crippen LogP contribution in [0.25, 0.3) is 0 Å². The van der Waals surface area contributed by atoms with Crippen molar-refractivity contribution in [3.63, 3.8) is 0 Å². The second-order valence-corrected chi connectivity index (χ2v) is 9.04. The maximum Gasteiger partial charge on any atom is 0.270 e. The summed E-state index contributed by atoms with van der Waals surface area (Å²) in [7, 11) is 0. The molecule has 0 bridgehead atoms. The summed E-state index contributed by atoms with van der Waals surface area (Å²) < 4.78 is 0. The van der Waals surface area contributed by atoms with Gasteiger partial charge in [-0.1, -0.05) is 0 Å². The molecule has 0 unspecified atom stereocenters. The number of nitrogens with zero attached hydrogens (tertiary/aromatic N) is 3. The van der Waals surface area contributed by atoms with Crippen LogP contribution in [0.2, 0.25) is 0 Å². The molecule has 1 heterocycles. The molecule has 0 spiro atoms. The molecule has 1 fully saturated rings. The monoisotopic (exact) mass is 575 g/mol. The number of aliphatic hydroxyl groups is 1. The number of aliphatic hydroxyl groups excluding tert-OH is 1. The normalized spacial score (nSPS) is 17.9. The van der Waals surface area contributed by atoms with Gasteiger partial charge in [-0.2, -0.15) is 0 Å². The summed E-state index contributed by atoms with van der Waals surface area (Å²) in [6.07, 6.45) is 1.03. The average Bonchev–Trinajstić information content (AvgIpc) is 2.92. The van der Waals surface area contributed by atoms with E-state index in [0.29, 0.717) is 10.1 Å². The van der Waals surface area contributed by atoms with Crippen molar-refractivity contribution in [1.82, 2.24) is 36.5 Å². The van der Waals surface area contributed by atoms with Crippen LogP contribution >= 0.6 is 0 Å². The van der Waals surface area contributed by atoms with Crippen LogP contribution in [0.5, 0.6) is 0 Å². The number of hydrogen-bond acceptors (Lipinski definition) is 11. The summed E-state index contributed by atoms with van der Waals surface area (Å²) in [5, 5.41) is 48.7. The number of nitrogens with one attached hydrogen (secondary N) is 4. The predicted molar refractivity (Wildman–Crippen MR) is 131 cm³/mol. The summed E-state index contributed by atoms with van der Waals surface area (Å²) in [6.45, 7) is -0.167. The van der Waals surface area contributed by atoms with Gasteiger partial charge < -0.3 is 26.4 Å². The summed E-state index contributed by atoms with van der Waals surface area (Å²) >= 11 is 0. The number of carbonyl (C=O) groups is 7. The SMILES string of the molecule is CC(=O)N[C@@H](CCCN(O)C=O)C(=O)N[C@@H](CO)C(=O)N(O)CCC[C@H]1NC(=O)[C@@H](CCCN(O)C=O)NC1=O. The van der Waals surface area contributed by atoms with E-state index in [2.05, 4.69) is 21.3 Å². The second-order valence-electron chi connectivity index (χ2n) is 9.04. The molecule has 18 nitrogen and oxygen atoms in total. The first-order valence-corrected chi connectivity index (χ1v) is 12.5. The summed E-state index contributed by atoms with van der Waals surface area (Å²) in [6, 6.07) is -4.50. The smallest absolute Gasteiger partial charge is 0.270 e. The fourth-order valence-corrected chi connectivity index (χ4v) is 3.81. The predicted octanol–water partition coefficient (Wildman–Crippen LogP) is -3.79. The third-order valence-corrected chi connectivity index (χ3v) is 5.88. The summed E-state index contributed by atoms with van der Waals surface area (Å²) in [5.74, 6) is -3.43. The van der Waals surface area contributed by atoms with Gasteiger partial charge in [-0.3, -0.25) is 49.2 Å². The van der Waals surface area contributed by atoms with E-state index in [4.69, 9.17) is 10.4 Å². The molecule has 8 N–H and O–H groups in total. The molecule has 0 aromatic rings. The maximum absolute atomic E-state index is 12.6. The largest absolute Gasteiger partial charge is 0.394 e. The minimum absolute atomic E-state index is 0.0137. The molecule has 226 valence electrons. The molecule has 4 atom stereocenters. The van der Waals surface area contributed by atoms with Crippen molar-refractivity contribution < 1.29 is 54.3 Å². The lowest BCUT2D eigenvalue weighted by molar-refractivity contribution is -0.170. The zero-order valence-electron chi connectivity index (χ0n) is 22.0. The quantitative estimate of drug-likeness (QED) is 0.0421. The van der Waals surface area contributed by atoms with Gasteiger partial charge in [0.15, 0.2) is 0 Å². The van der Waals surface area contributed by atoms with Crippen LogP contribution in [-0.2, 0) is 33.6 Å². The molecule has 1 aliphatic rings. The Kier molecular flexibility index (Phi) is 15.1. The van der Waals surface area contributed by atoms with Crippen LogP contribution < -0.4 is 21.3 Å². The number of amides is 7. The van der Waals surface area contributed by atoms with Gasteiger partial charge in [-0.15, -0.1) is 0 Å². The molecule has 0 aliphatic carbocycles. The molecule has 0 saturated carbocycles. The van der Waals surface area contributed by atoms with Gasteiger partial charge in [-0.05, 0) is 38.5 Å². The first-order chi connectivity index (χ1) is 18.9. The van der Waals surface area contributed by atoms with Crippen molar-refractivity contribution in [2.45, 2.75) is 69.6 Å². The van der Waals surface area contributed by atoms with Crippen molar-refractivity contribution in [1.29, 1.82) is 0 Å². The van der Waals surface area contributed by atoms with E-state index in [0.717, 1.165) is 6.92 Å². The highest BCUT2D eigenvalue weighted by atomic mass is 16.5. The first kappa shape index (κ1) is 34.2. The Hall–Kier alpha value is -3.87. The third kappa shape index (κ3) is 11.9. The molecule has 0 aromatic carbocycles. The van der Waals surface area contributed by atoms with E-state index in [9.17, 15) is 43.9 Å². The highest BCUT2D eigenvalue weighted by Gasteiger charge is 2.33. The van der Waals surface area contributed by atoms with Gasteiger partial charge in [0.2, 0.25) is 36.4 Å². The number of hydroxylamine groups is 6. The van der Waals surface area contributed by atoms with E-state index < -0.39 is 60.3 Å². The lowest BCUT2D eigenvalue weighted by Gasteiger charge is -2.30. The molecule has 1 saturated heterocycles. The molecule has 1 rings (SSSR count). The molecule has 0 radical (unpaired) electrons. The molecule has 18 heteroatoms. The first-order valence-electron chi connectivity index (χ1n) is 12.5. The van der Waals surface area contributed by atoms with Crippen LogP contribution in [0.1, 0.15) is 45.4 Å².